The Morgan fingerprint density at radius 3 is 2.12 bits per heavy atom. The summed E-state index contributed by atoms with van der Waals surface area (Å²) in [5.74, 6) is -2.26. The largest absolute Gasteiger partial charge is 0.416 e. The van der Waals surface area contributed by atoms with E-state index in [1.54, 1.807) is 0 Å². The summed E-state index contributed by atoms with van der Waals surface area (Å²) in [5.41, 5.74) is -5.94. The molecule has 0 saturated carbocycles. The molecule has 1 aliphatic rings. The summed E-state index contributed by atoms with van der Waals surface area (Å²) in [6.45, 7) is -2.15. The molecule has 1 fully saturated rings. The Labute approximate surface area is 174 Å². The molecule has 7 nitrogen and oxygen atoms in total. The SMILES string of the molecule is O=C(/C=C\n1cnc(-c2cc(C(F)(F)F)cc(C(F)(F)F)c2)n1)N1CC(F)(C(=O)CO)C1. The van der Waals surface area contributed by atoms with Crippen LogP contribution in [-0.2, 0) is 21.9 Å². The van der Waals surface area contributed by atoms with Gasteiger partial charge in [0, 0.05) is 17.8 Å². The number of carbonyl (C=O) groups excluding carboxylic acids is 2. The van der Waals surface area contributed by atoms with E-state index >= 15 is 0 Å². The maximum Gasteiger partial charge on any atom is 0.416 e. The van der Waals surface area contributed by atoms with E-state index < -0.39 is 71.9 Å². The summed E-state index contributed by atoms with van der Waals surface area (Å²) in [7, 11) is 0. The van der Waals surface area contributed by atoms with Gasteiger partial charge < -0.3 is 10.0 Å². The lowest BCUT2D eigenvalue weighted by atomic mass is 9.91. The van der Waals surface area contributed by atoms with Crippen molar-refractivity contribution in [1.29, 1.82) is 0 Å². The average Bonchev–Trinajstić information content (AvgIpc) is 3.16. The van der Waals surface area contributed by atoms with E-state index in [0.29, 0.717) is 12.1 Å². The van der Waals surface area contributed by atoms with Gasteiger partial charge in [0.15, 0.2) is 11.6 Å². The lowest BCUT2D eigenvalue weighted by Gasteiger charge is -2.42. The van der Waals surface area contributed by atoms with Gasteiger partial charge in [-0.25, -0.2) is 14.1 Å². The van der Waals surface area contributed by atoms with Gasteiger partial charge in [0.05, 0.1) is 24.2 Å². The van der Waals surface area contributed by atoms with Crippen LogP contribution in [0.1, 0.15) is 11.1 Å². The highest BCUT2D eigenvalue weighted by Gasteiger charge is 2.50. The molecular formula is C18H13F7N4O3. The molecule has 2 aromatic rings. The minimum atomic E-state index is -5.04. The Morgan fingerprint density at radius 1 is 1.06 bits per heavy atom. The van der Waals surface area contributed by atoms with Gasteiger partial charge >= 0.3 is 12.4 Å². The molecule has 14 heteroatoms. The van der Waals surface area contributed by atoms with Gasteiger partial charge in [0.25, 0.3) is 0 Å². The van der Waals surface area contributed by atoms with Crippen LogP contribution in [-0.4, -0.2) is 61.8 Å². The molecule has 1 saturated heterocycles. The Hall–Kier alpha value is -3.29. The number of aromatic nitrogens is 3. The number of hydrogen-bond acceptors (Lipinski definition) is 5. The predicted octanol–water partition coefficient (Wildman–Crippen LogP) is 2.57. The van der Waals surface area contributed by atoms with Crippen molar-refractivity contribution in [2.45, 2.75) is 18.0 Å². The van der Waals surface area contributed by atoms with E-state index in [0.717, 1.165) is 28.2 Å². The summed E-state index contributed by atoms with van der Waals surface area (Å²) in [6.07, 6.45) is -7.23. The van der Waals surface area contributed by atoms with Gasteiger partial charge in [-0.3, -0.25) is 9.59 Å². The monoisotopic (exact) mass is 466 g/mol. The third-order valence-corrected chi connectivity index (χ3v) is 4.56. The van der Waals surface area contributed by atoms with E-state index in [9.17, 15) is 40.3 Å². The molecule has 0 aliphatic carbocycles. The standard InChI is InChI=1S/C18H13F7N4O3/c19-16(13(31)6-30)7-28(8-16)14(32)1-2-29-9-26-15(27-29)10-3-11(17(20,21)22)5-12(4-10)18(23,24)25/h1-5,9,30H,6-8H2/b2-1-. The molecule has 0 spiro atoms. The maximum atomic E-state index is 14.0. The highest BCUT2D eigenvalue weighted by molar-refractivity contribution is 5.96. The summed E-state index contributed by atoms with van der Waals surface area (Å²) in [6, 6.07) is 0.893. The zero-order valence-electron chi connectivity index (χ0n) is 15.8. The van der Waals surface area contributed by atoms with Crippen molar-refractivity contribution >= 4 is 17.9 Å². The van der Waals surface area contributed by atoms with E-state index in [2.05, 4.69) is 10.1 Å². The van der Waals surface area contributed by atoms with Crippen molar-refractivity contribution in [2.75, 3.05) is 19.7 Å². The number of amides is 1. The molecule has 2 heterocycles. The molecular weight excluding hydrogens is 453 g/mol. The van der Waals surface area contributed by atoms with Crippen molar-refractivity contribution in [3.05, 3.63) is 41.7 Å². The predicted molar refractivity (Wildman–Crippen MR) is 93.3 cm³/mol. The first kappa shape index (κ1) is 23.4. The fraction of sp³-hybridized carbons (Fsp3) is 0.333. The molecule has 32 heavy (non-hydrogen) atoms. The summed E-state index contributed by atoms with van der Waals surface area (Å²) < 4.78 is 92.7. The fourth-order valence-electron chi connectivity index (χ4n) is 2.84. The lowest BCUT2D eigenvalue weighted by molar-refractivity contribution is -0.153. The summed E-state index contributed by atoms with van der Waals surface area (Å²) in [5, 5.41) is 12.4. The number of rotatable bonds is 5. The number of nitrogens with zero attached hydrogens (tertiary/aromatic N) is 4. The number of alkyl halides is 7. The zero-order chi connectivity index (χ0) is 23.9. The number of Topliss-reactive ketones (excluding diaryl/α,β-unsaturated/α-hetero) is 1. The van der Waals surface area contributed by atoms with Gasteiger partial charge in [-0.1, -0.05) is 0 Å². The first-order chi connectivity index (χ1) is 14.7. The number of aliphatic hydroxyl groups excluding tert-OH is 1. The number of likely N-dealkylation sites (tertiary alicyclic amines) is 1. The van der Waals surface area contributed by atoms with Gasteiger partial charge in [0.2, 0.25) is 11.6 Å². The second-order valence-corrected chi connectivity index (χ2v) is 6.90. The normalized spacial score (nSPS) is 16.3. The van der Waals surface area contributed by atoms with Crippen molar-refractivity contribution in [3.63, 3.8) is 0 Å². The van der Waals surface area contributed by atoms with Crippen molar-refractivity contribution in [1.82, 2.24) is 19.7 Å². The Kier molecular flexibility index (Phi) is 5.84. The summed E-state index contributed by atoms with van der Waals surface area (Å²) in [4.78, 5) is 27.8. The van der Waals surface area contributed by atoms with Crippen LogP contribution in [0.25, 0.3) is 17.6 Å². The van der Waals surface area contributed by atoms with Gasteiger partial charge in [-0.15, -0.1) is 5.10 Å². The van der Waals surface area contributed by atoms with Crippen LogP contribution in [0.4, 0.5) is 30.7 Å². The highest BCUT2D eigenvalue weighted by Crippen LogP contribution is 2.38. The van der Waals surface area contributed by atoms with Crippen LogP contribution in [0, 0.1) is 0 Å². The van der Waals surface area contributed by atoms with E-state index in [-0.39, 0.29) is 6.07 Å². The molecule has 1 amide bonds. The van der Waals surface area contributed by atoms with Crippen LogP contribution in [0.5, 0.6) is 0 Å². The number of halogens is 7. The van der Waals surface area contributed by atoms with Crippen LogP contribution < -0.4 is 0 Å². The van der Waals surface area contributed by atoms with Crippen molar-refractivity contribution < 1.29 is 45.4 Å². The van der Waals surface area contributed by atoms with Gasteiger partial charge in [-0.2, -0.15) is 26.3 Å². The minimum Gasteiger partial charge on any atom is -0.388 e. The van der Waals surface area contributed by atoms with Gasteiger partial charge in [0.1, 0.15) is 12.9 Å². The van der Waals surface area contributed by atoms with Gasteiger partial charge in [-0.05, 0) is 18.2 Å². The number of benzene rings is 1. The molecule has 1 N–H and O–H groups in total. The molecule has 1 aromatic heterocycles. The van der Waals surface area contributed by atoms with Crippen molar-refractivity contribution in [3.8, 4) is 11.4 Å². The quantitative estimate of drug-likeness (QED) is 0.541. The third kappa shape index (κ3) is 4.79. The van der Waals surface area contributed by atoms with Crippen LogP contribution >= 0.6 is 0 Å². The molecule has 0 unspecified atom stereocenters. The molecule has 3 rings (SSSR count). The highest BCUT2D eigenvalue weighted by atomic mass is 19.4. The molecule has 1 aromatic carbocycles. The molecule has 0 radical (unpaired) electrons. The second-order valence-electron chi connectivity index (χ2n) is 6.90. The Bertz CT molecular complexity index is 1040. The maximum absolute atomic E-state index is 14.0. The topological polar surface area (TPSA) is 88.3 Å². The van der Waals surface area contributed by atoms with E-state index in [1.165, 1.54) is 0 Å². The zero-order valence-corrected chi connectivity index (χ0v) is 15.8. The first-order valence-corrected chi connectivity index (χ1v) is 8.74. The molecule has 0 bridgehead atoms. The summed E-state index contributed by atoms with van der Waals surface area (Å²) >= 11 is 0. The first-order valence-electron chi connectivity index (χ1n) is 8.74. The third-order valence-electron chi connectivity index (χ3n) is 4.56. The number of ketones is 1. The van der Waals surface area contributed by atoms with Crippen LogP contribution in [0.15, 0.2) is 30.6 Å². The second kappa shape index (κ2) is 8.00. The molecule has 172 valence electrons. The number of hydrogen-bond donors (Lipinski definition) is 1. The van der Waals surface area contributed by atoms with Crippen LogP contribution in [0.2, 0.25) is 0 Å². The number of carbonyl (C=O) groups is 2. The average molecular weight is 466 g/mol. The van der Waals surface area contributed by atoms with Crippen LogP contribution in [0.3, 0.4) is 0 Å². The Morgan fingerprint density at radius 2 is 1.62 bits per heavy atom. The Balaban J connectivity index is 1.78. The molecule has 0 atom stereocenters. The smallest absolute Gasteiger partial charge is 0.388 e. The molecule has 1 aliphatic heterocycles. The van der Waals surface area contributed by atoms with E-state index in [1.807, 2.05) is 0 Å². The lowest BCUT2D eigenvalue weighted by Crippen LogP contribution is -2.65. The fourth-order valence-corrected chi connectivity index (χ4v) is 2.84. The minimum absolute atomic E-state index is 0.0292. The number of aliphatic hydroxyl groups is 1. The van der Waals surface area contributed by atoms with E-state index in [4.69, 9.17) is 5.11 Å². The van der Waals surface area contributed by atoms with Crippen molar-refractivity contribution in [2.24, 2.45) is 0 Å².